The van der Waals surface area contributed by atoms with Gasteiger partial charge >= 0.3 is 0 Å². The molecule has 1 amide bonds. The molecule has 0 atom stereocenters. The molecule has 8 heteroatoms. The van der Waals surface area contributed by atoms with Gasteiger partial charge in [0.2, 0.25) is 0 Å². The minimum Gasteiger partial charge on any atom is -0.494 e. The average molecular weight is 530 g/mol. The minimum absolute atomic E-state index is 0.115. The van der Waals surface area contributed by atoms with E-state index in [1.54, 1.807) is 12.3 Å². The van der Waals surface area contributed by atoms with Crippen LogP contribution in [0.1, 0.15) is 46.5 Å². The lowest BCUT2D eigenvalue weighted by Crippen LogP contribution is -2.16. The van der Waals surface area contributed by atoms with E-state index in [1.165, 1.54) is 5.56 Å². The molecule has 0 fully saturated rings. The number of halogens is 1. The monoisotopic (exact) mass is 529 g/mol. The van der Waals surface area contributed by atoms with Crippen molar-refractivity contribution < 1.29 is 9.53 Å². The molecule has 0 saturated carbocycles. The summed E-state index contributed by atoms with van der Waals surface area (Å²) in [6.45, 7) is 8.62. The normalized spacial score (nSPS) is 12.7. The van der Waals surface area contributed by atoms with Gasteiger partial charge in [-0.1, -0.05) is 29.8 Å². The molecule has 38 heavy (non-hydrogen) atoms. The van der Waals surface area contributed by atoms with Gasteiger partial charge in [-0.2, -0.15) is 10.2 Å². The molecule has 4 aromatic rings. The van der Waals surface area contributed by atoms with Crippen molar-refractivity contribution in [2.24, 2.45) is 7.05 Å². The second kappa shape index (κ2) is 10.5. The van der Waals surface area contributed by atoms with Gasteiger partial charge in [-0.15, -0.1) is 0 Å². The Morgan fingerprint density at radius 1 is 1.13 bits per heavy atom. The number of aromatic amines is 1. The Bertz CT molecular complexity index is 1530. The van der Waals surface area contributed by atoms with Gasteiger partial charge < -0.3 is 10.1 Å². The van der Waals surface area contributed by atoms with Crippen molar-refractivity contribution in [2.75, 3.05) is 11.9 Å². The van der Waals surface area contributed by atoms with Gasteiger partial charge in [0.05, 0.1) is 18.5 Å². The zero-order valence-corrected chi connectivity index (χ0v) is 23.2. The van der Waals surface area contributed by atoms with Crippen molar-refractivity contribution in [3.63, 3.8) is 0 Å². The number of ether oxygens (including phenoxy) is 1. The molecule has 2 heterocycles. The highest BCUT2D eigenvalue weighted by Gasteiger charge is 2.29. The maximum atomic E-state index is 13.5. The fraction of sp³-hybridized carbons (Fsp3) is 0.300. The number of H-pyrrole nitrogens is 1. The number of carbonyl (C=O) groups is 1. The summed E-state index contributed by atoms with van der Waals surface area (Å²) < 4.78 is 7.99. The van der Waals surface area contributed by atoms with E-state index in [1.807, 2.05) is 44.6 Å². The number of aryl methyl sites for hydroxylation is 4. The van der Waals surface area contributed by atoms with Crippen molar-refractivity contribution in [1.29, 1.82) is 0 Å². The van der Waals surface area contributed by atoms with E-state index < -0.39 is 0 Å². The summed E-state index contributed by atoms with van der Waals surface area (Å²) in [7, 11) is 1.96. The predicted octanol–water partition coefficient (Wildman–Crippen LogP) is 6.50. The van der Waals surface area contributed by atoms with Gasteiger partial charge in [0, 0.05) is 41.4 Å². The van der Waals surface area contributed by atoms with E-state index in [4.69, 9.17) is 16.3 Å². The number of fused-ring (bicyclic) bond motifs is 1. The molecule has 7 nitrogen and oxygen atoms in total. The second-order valence-corrected chi connectivity index (χ2v) is 10.3. The van der Waals surface area contributed by atoms with E-state index in [0.29, 0.717) is 18.8 Å². The fourth-order valence-electron chi connectivity index (χ4n) is 5.36. The zero-order chi connectivity index (χ0) is 27.0. The summed E-state index contributed by atoms with van der Waals surface area (Å²) in [6.07, 6.45) is 3.67. The number of hydrogen-bond acceptors (Lipinski definition) is 4. The van der Waals surface area contributed by atoms with E-state index in [9.17, 15) is 4.79 Å². The van der Waals surface area contributed by atoms with Gasteiger partial charge in [-0.3, -0.25) is 14.6 Å². The lowest BCUT2D eigenvalue weighted by Gasteiger charge is -2.13. The Hall–Kier alpha value is -3.84. The molecule has 0 radical (unpaired) electrons. The van der Waals surface area contributed by atoms with Crippen LogP contribution in [0.5, 0.6) is 5.75 Å². The number of rotatable bonds is 8. The molecule has 1 aliphatic rings. The van der Waals surface area contributed by atoms with Crippen LogP contribution in [0.15, 0.2) is 48.2 Å². The Labute approximate surface area is 227 Å². The average Bonchev–Trinajstić information content (AvgIpc) is 3.58. The first-order valence-corrected chi connectivity index (χ1v) is 13.2. The van der Waals surface area contributed by atoms with Crippen LogP contribution in [0, 0.1) is 27.7 Å². The topological polar surface area (TPSA) is 84.8 Å². The highest BCUT2D eigenvalue weighted by molar-refractivity contribution is 6.32. The van der Waals surface area contributed by atoms with Crippen LogP contribution in [0.25, 0.3) is 16.7 Å². The summed E-state index contributed by atoms with van der Waals surface area (Å²) in [5.41, 5.74) is 10.5. The number of nitrogens with zero attached hydrogens (tertiary/aromatic N) is 3. The van der Waals surface area contributed by atoms with Gasteiger partial charge in [0.15, 0.2) is 0 Å². The van der Waals surface area contributed by atoms with Crippen molar-refractivity contribution >= 4 is 28.9 Å². The molecule has 0 bridgehead atoms. The van der Waals surface area contributed by atoms with Crippen LogP contribution in [-0.2, 0) is 18.3 Å². The van der Waals surface area contributed by atoms with Gasteiger partial charge in [-0.05, 0) is 86.1 Å². The number of benzene rings is 2. The third-order valence-electron chi connectivity index (χ3n) is 7.27. The Morgan fingerprint density at radius 3 is 2.53 bits per heavy atom. The number of anilines is 1. The summed E-state index contributed by atoms with van der Waals surface area (Å²) in [4.78, 5) is 13.5. The maximum Gasteiger partial charge on any atom is 0.253 e. The van der Waals surface area contributed by atoms with E-state index in [0.717, 1.165) is 74.0 Å². The summed E-state index contributed by atoms with van der Waals surface area (Å²) in [5, 5.41) is 15.1. The molecular weight excluding hydrogens is 498 g/mol. The Balaban J connectivity index is 1.43. The highest BCUT2D eigenvalue weighted by atomic mass is 35.5. The van der Waals surface area contributed by atoms with E-state index in [-0.39, 0.29) is 5.91 Å². The quantitative estimate of drug-likeness (QED) is 0.255. The van der Waals surface area contributed by atoms with Gasteiger partial charge in [0.25, 0.3) is 5.91 Å². The Morgan fingerprint density at radius 2 is 1.87 bits per heavy atom. The number of aromatic nitrogens is 4. The number of hydrogen-bond donors (Lipinski definition) is 2. The summed E-state index contributed by atoms with van der Waals surface area (Å²) in [6, 6.07) is 12.0. The molecule has 196 valence electrons. The molecule has 0 saturated heterocycles. The molecule has 0 spiro atoms. The lowest BCUT2D eigenvalue weighted by molar-refractivity contribution is -0.112. The Kier molecular flexibility index (Phi) is 7.13. The molecule has 0 unspecified atom stereocenters. The molecule has 0 aliphatic heterocycles. The van der Waals surface area contributed by atoms with Crippen molar-refractivity contribution in [1.82, 2.24) is 20.0 Å². The summed E-state index contributed by atoms with van der Waals surface area (Å²) >= 11 is 6.31. The van der Waals surface area contributed by atoms with Crippen molar-refractivity contribution in [3.05, 3.63) is 86.8 Å². The predicted molar refractivity (Wildman–Crippen MR) is 152 cm³/mol. The van der Waals surface area contributed by atoms with Crippen molar-refractivity contribution in [2.45, 2.75) is 47.0 Å². The van der Waals surface area contributed by atoms with Gasteiger partial charge in [0.1, 0.15) is 11.6 Å². The number of carbonyl (C=O) groups excluding carboxylic acids is 1. The second-order valence-electron chi connectivity index (χ2n) is 9.88. The molecular formula is C30H32ClN5O2. The van der Waals surface area contributed by atoms with E-state index in [2.05, 4.69) is 45.7 Å². The number of allylic oxidation sites excluding steroid dienone is 1. The van der Waals surface area contributed by atoms with E-state index >= 15 is 0 Å². The third kappa shape index (κ3) is 4.86. The SMILES string of the molecule is Cc1cc(OCCCC2=C(C(=O)Nc3ccn[nH]3)Cc3c2cccc3-c2c(C)nn(C)c2C)cc(C)c1Cl. The molecule has 2 aromatic carbocycles. The third-order valence-corrected chi connectivity index (χ3v) is 7.87. The minimum atomic E-state index is -0.115. The standard InChI is InChI=1S/C30H32ClN5O2/c1-17-14-21(15-18(2)29(17)31)38-13-7-10-23-22-8-6-9-24(28-19(3)35-36(5)20(28)4)25(22)16-26(23)30(37)33-27-11-12-32-34-27/h6,8-9,11-12,14-15H,7,10,13,16H2,1-5H3,(H2,32,33,34,37). The van der Waals surface area contributed by atoms with Crippen LogP contribution in [-0.4, -0.2) is 32.5 Å². The molecule has 2 N–H and O–H groups in total. The molecule has 5 rings (SSSR count). The first-order valence-electron chi connectivity index (χ1n) is 12.8. The number of nitrogens with one attached hydrogen (secondary N) is 2. The van der Waals surface area contributed by atoms with Crippen LogP contribution in [0.4, 0.5) is 5.82 Å². The highest BCUT2D eigenvalue weighted by Crippen LogP contribution is 2.42. The maximum absolute atomic E-state index is 13.5. The van der Waals surface area contributed by atoms with Crippen LogP contribution >= 0.6 is 11.6 Å². The van der Waals surface area contributed by atoms with Gasteiger partial charge in [-0.25, -0.2) is 0 Å². The summed E-state index contributed by atoms with van der Waals surface area (Å²) in [5.74, 6) is 1.27. The van der Waals surface area contributed by atoms with Crippen LogP contribution < -0.4 is 10.1 Å². The molecule has 2 aromatic heterocycles. The smallest absolute Gasteiger partial charge is 0.253 e. The zero-order valence-electron chi connectivity index (χ0n) is 22.4. The largest absolute Gasteiger partial charge is 0.494 e. The first-order chi connectivity index (χ1) is 18.2. The molecule has 1 aliphatic carbocycles. The first kappa shape index (κ1) is 25.8. The van der Waals surface area contributed by atoms with Crippen LogP contribution in [0.3, 0.4) is 0 Å². The number of amides is 1. The fourth-order valence-corrected chi connectivity index (χ4v) is 5.47. The van der Waals surface area contributed by atoms with Crippen molar-refractivity contribution in [3.8, 4) is 16.9 Å². The lowest BCUT2D eigenvalue weighted by atomic mass is 9.93. The van der Waals surface area contributed by atoms with Crippen LogP contribution in [0.2, 0.25) is 5.02 Å².